The van der Waals surface area contributed by atoms with Crippen LogP contribution < -0.4 is 10.6 Å². The number of amides is 2. The first-order valence-corrected chi connectivity index (χ1v) is 11.0. The Morgan fingerprint density at radius 1 is 0.923 bits per heavy atom. The third-order valence-corrected chi connectivity index (χ3v) is 5.91. The Hall–Kier alpha value is -1.89. The van der Waals surface area contributed by atoms with E-state index < -0.39 is 33.2 Å². The fourth-order valence-electron chi connectivity index (χ4n) is 3.15. The van der Waals surface area contributed by atoms with Crippen LogP contribution in [0.1, 0.15) is 50.5 Å². The van der Waals surface area contributed by atoms with Crippen LogP contribution in [-0.2, 0) is 19.4 Å². The molecular weight excluding hydrogens is 352 g/mol. The Kier molecular flexibility index (Phi) is 7.63. The van der Waals surface area contributed by atoms with Crippen LogP contribution in [0, 0.1) is 6.92 Å². The normalized spacial score (nSPS) is 16.3. The molecule has 144 valence electrons. The molecule has 0 aromatic heterocycles. The molecule has 1 fully saturated rings. The molecule has 0 unspecified atom stereocenters. The van der Waals surface area contributed by atoms with Crippen molar-refractivity contribution in [1.29, 1.82) is 0 Å². The van der Waals surface area contributed by atoms with Crippen LogP contribution in [0.3, 0.4) is 0 Å². The summed E-state index contributed by atoms with van der Waals surface area (Å²) < 4.78 is 24.3. The number of aryl methyl sites for hydroxylation is 1. The number of carbonyl (C=O) groups excluding carboxylic acids is 2. The van der Waals surface area contributed by atoms with E-state index >= 15 is 0 Å². The van der Waals surface area contributed by atoms with Crippen LogP contribution in [-0.4, -0.2) is 37.8 Å². The molecule has 0 heterocycles. The number of rotatable bonds is 6. The van der Waals surface area contributed by atoms with Gasteiger partial charge < -0.3 is 10.6 Å². The first kappa shape index (κ1) is 20.4. The van der Waals surface area contributed by atoms with Gasteiger partial charge in [-0.1, -0.05) is 49.8 Å². The number of hydrogen-bond acceptors (Lipinski definition) is 4. The summed E-state index contributed by atoms with van der Waals surface area (Å²) in [5.74, 6) is -2.49. The van der Waals surface area contributed by atoms with Gasteiger partial charge in [0.1, 0.15) is 11.5 Å². The van der Waals surface area contributed by atoms with Gasteiger partial charge in [0.2, 0.25) is 11.8 Å². The Labute approximate surface area is 155 Å². The third-order valence-electron chi connectivity index (χ3n) is 4.51. The van der Waals surface area contributed by atoms with Gasteiger partial charge >= 0.3 is 0 Å². The average molecular weight is 381 g/mol. The Morgan fingerprint density at radius 3 is 2.08 bits per heavy atom. The van der Waals surface area contributed by atoms with E-state index in [0.29, 0.717) is 5.69 Å². The van der Waals surface area contributed by atoms with E-state index in [2.05, 4.69) is 10.6 Å². The molecule has 1 aromatic rings. The Bertz CT molecular complexity index is 706. The lowest BCUT2D eigenvalue weighted by atomic mass is 9.97. The maximum Gasteiger partial charge on any atom is 0.239 e. The van der Waals surface area contributed by atoms with Crippen LogP contribution in [0.15, 0.2) is 24.3 Å². The largest absolute Gasteiger partial charge is 0.352 e. The van der Waals surface area contributed by atoms with Crippen molar-refractivity contribution in [3.63, 3.8) is 0 Å². The lowest BCUT2D eigenvalue weighted by molar-refractivity contribution is -0.119. The summed E-state index contributed by atoms with van der Waals surface area (Å²) >= 11 is 0. The summed E-state index contributed by atoms with van der Waals surface area (Å²) in [6.07, 6.45) is 7.42. The van der Waals surface area contributed by atoms with E-state index in [9.17, 15) is 18.0 Å². The smallest absolute Gasteiger partial charge is 0.239 e. The minimum Gasteiger partial charge on any atom is -0.352 e. The zero-order valence-corrected chi connectivity index (χ0v) is 16.1. The Balaban J connectivity index is 1.81. The molecule has 0 saturated heterocycles. The minimum atomic E-state index is -3.80. The molecule has 2 amide bonds. The number of benzene rings is 1. The predicted octanol–water partition coefficient (Wildman–Crippen LogP) is 2.58. The quantitative estimate of drug-likeness (QED) is 0.793. The number of carbonyl (C=O) groups is 2. The van der Waals surface area contributed by atoms with Gasteiger partial charge in [0, 0.05) is 11.7 Å². The van der Waals surface area contributed by atoms with Crippen molar-refractivity contribution in [2.75, 3.05) is 16.8 Å². The van der Waals surface area contributed by atoms with E-state index in [4.69, 9.17) is 0 Å². The van der Waals surface area contributed by atoms with Gasteiger partial charge in [0.15, 0.2) is 9.84 Å². The molecule has 1 aliphatic rings. The summed E-state index contributed by atoms with van der Waals surface area (Å²) in [4.78, 5) is 24.0. The van der Waals surface area contributed by atoms with Gasteiger partial charge in [0.05, 0.1) is 0 Å². The molecule has 6 nitrogen and oxygen atoms in total. The topological polar surface area (TPSA) is 92.3 Å². The fraction of sp³-hybridized carbons (Fsp3) is 0.579. The van der Waals surface area contributed by atoms with E-state index in [1.54, 1.807) is 12.1 Å². The van der Waals surface area contributed by atoms with Gasteiger partial charge in [-0.05, 0) is 31.9 Å². The first-order valence-electron chi connectivity index (χ1n) is 9.20. The van der Waals surface area contributed by atoms with Crippen molar-refractivity contribution in [2.24, 2.45) is 0 Å². The van der Waals surface area contributed by atoms with Crippen LogP contribution in [0.25, 0.3) is 0 Å². The highest BCUT2D eigenvalue weighted by atomic mass is 32.2. The van der Waals surface area contributed by atoms with Crippen LogP contribution >= 0.6 is 0 Å². The number of anilines is 1. The van der Waals surface area contributed by atoms with Crippen LogP contribution in [0.2, 0.25) is 0 Å². The zero-order chi connectivity index (χ0) is 19.0. The van der Waals surface area contributed by atoms with Crippen molar-refractivity contribution in [3.05, 3.63) is 29.8 Å². The molecule has 26 heavy (non-hydrogen) atoms. The van der Waals surface area contributed by atoms with Crippen molar-refractivity contribution < 1.29 is 18.0 Å². The lowest BCUT2D eigenvalue weighted by Gasteiger charge is -2.21. The zero-order valence-electron chi connectivity index (χ0n) is 15.3. The molecule has 0 bridgehead atoms. The molecule has 2 rings (SSSR count). The summed E-state index contributed by atoms with van der Waals surface area (Å²) in [7, 11) is -3.80. The van der Waals surface area contributed by atoms with Crippen molar-refractivity contribution >= 4 is 27.3 Å². The summed E-state index contributed by atoms with van der Waals surface area (Å²) in [5.41, 5.74) is 1.58. The summed E-state index contributed by atoms with van der Waals surface area (Å²) in [6, 6.07) is 7.11. The molecule has 0 spiro atoms. The molecule has 2 N–H and O–H groups in total. The van der Waals surface area contributed by atoms with Crippen LogP contribution in [0.5, 0.6) is 0 Å². The number of sulfone groups is 1. The highest BCUT2D eigenvalue weighted by molar-refractivity contribution is 7.92. The maximum atomic E-state index is 12.1. The second kappa shape index (κ2) is 9.71. The minimum absolute atomic E-state index is 0.0411. The first-order chi connectivity index (χ1) is 12.3. The lowest BCUT2D eigenvalue weighted by Crippen LogP contribution is -2.40. The van der Waals surface area contributed by atoms with E-state index in [0.717, 1.165) is 44.1 Å². The van der Waals surface area contributed by atoms with Crippen molar-refractivity contribution in [2.45, 2.75) is 57.9 Å². The fourth-order valence-corrected chi connectivity index (χ4v) is 4.21. The van der Waals surface area contributed by atoms with Crippen LogP contribution in [0.4, 0.5) is 5.69 Å². The summed E-state index contributed by atoms with van der Waals surface area (Å²) in [6.45, 7) is 1.92. The van der Waals surface area contributed by atoms with Gasteiger partial charge in [-0.15, -0.1) is 0 Å². The molecule has 7 heteroatoms. The molecule has 1 aliphatic carbocycles. The molecule has 1 saturated carbocycles. The van der Waals surface area contributed by atoms with E-state index in [1.807, 2.05) is 19.1 Å². The monoisotopic (exact) mass is 380 g/mol. The maximum absolute atomic E-state index is 12.1. The highest BCUT2D eigenvalue weighted by Crippen LogP contribution is 2.17. The Morgan fingerprint density at radius 2 is 1.46 bits per heavy atom. The molecular formula is C19H28N2O4S. The standard InChI is InChI=1S/C19H28N2O4S/c1-15-9-11-17(12-10-15)21-19(23)14-26(24,25)13-18(22)20-16-7-5-3-2-4-6-8-16/h9-12,16H,2-8,13-14H2,1H3,(H,20,22)(H,21,23). The van der Waals surface area contributed by atoms with Crippen molar-refractivity contribution in [1.82, 2.24) is 5.32 Å². The molecule has 0 atom stereocenters. The van der Waals surface area contributed by atoms with Gasteiger partial charge in [-0.2, -0.15) is 0 Å². The summed E-state index contributed by atoms with van der Waals surface area (Å²) in [5, 5.41) is 5.37. The van der Waals surface area contributed by atoms with Crippen molar-refractivity contribution in [3.8, 4) is 0 Å². The molecule has 0 radical (unpaired) electrons. The van der Waals surface area contributed by atoms with E-state index in [1.165, 1.54) is 6.42 Å². The molecule has 1 aromatic carbocycles. The van der Waals surface area contributed by atoms with Gasteiger partial charge in [0.25, 0.3) is 0 Å². The van der Waals surface area contributed by atoms with Gasteiger partial charge in [-0.3, -0.25) is 9.59 Å². The average Bonchev–Trinajstić information content (AvgIpc) is 2.51. The third kappa shape index (κ3) is 7.56. The van der Waals surface area contributed by atoms with Gasteiger partial charge in [-0.25, -0.2) is 8.42 Å². The number of nitrogens with one attached hydrogen (secondary N) is 2. The highest BCUT2D eigenvalue weighted by Gasteiger charge is 2.23. The predicted molar refractivity (Wildman–Crippen MR) is 103 cm³/mol. The SMILES string of the molecule is Cc1ccc(NC(=O)CS(=O)(=O)CC(=O)NC2CCCCCCC2)cc1. The second-order valence-electron chi connectivity index (χ2n) is 7.06. The second-order valence-corrected chi connectivity index (χ2v) is 9.12. The molecule has 0 aliphatic heterocycles. The number of hydrogen-bond donors (Lipinski definition) is 2. The van der Waals surface area contributed by atoms with E-state index in [-0.39, 0.29) is 6.04 Å².